The van der Waals surface area contributed by atoms with E-state index >= 15 is 0 Å². The van der Waals surface area contributed by atoms with Gasteiger partial charge in [0.25, 0.3) is 0 Å². The Kier molecular flexibility index (Phi) is 4.62. The molecule has 134 valence electrons. The minimum atomic E-state index is -3.81. The number of hydrogen-bond acceptors (Lipinski definition) is 6. The Morgan fingerprint density at radius 2 is 1.62 bits per heavy atom. The summed E-state index contributed by atoms with van der Waals surface area (Å²) in [5.74, 6) is -0.523. The molecule has 0 atom stereocenters. The Morgan fingerprint density at radius 3 is 2.15 bits per heavy atom. The Hall–Kier alpha value is -2.97. The van der Waals surface area contributed by atoms with E-state index in [1.54, 1.807) is 24.3 Å². The zero-order valence-electron chi connectivity index (χ0n) is 13.8. The lowest BCUT2D eigenvalue weighted by atomic mass is 9.97. The molecule has 1 aliphatic rings. The van der Waals surface area contributed by atoms with Gasteiger partial charge < -0.3 is 9.47 Å². The summed E-state index contributed by atoms with van der Waals surface area (Å²) in [7, 11) is -3.81. The number of primary sulfonamides is 1. The van der Waals surface area contributed by atoms with Gasteiger partial charge >= 0.3 is 11.9 Å². The highest BCUT2D eigenvalue weighted by Gasteiger charge is 2.27. The van der Waals surface area contributed by atoms with Crippen LogP contribution in [0.25, 0.3) is 11.1 Å². The van der Waals surface area contributed by atoms with E-state index in [0.29, 0.717) is 22.5 Å². The average molecular weight is 373 g/mol. The summed E-state index contributed by atoms with van der Waals surface area (Å²) in [5, 5.41) is 5.09. The molecule has 26 heavy (non-hydrogen) atoms. The third-order valence-corrected chi connectivity index (χ3v) is 4.72. The van der Waals surface area contributed by atoms with Crippen LogP contribution in [0.15, 0.2) is 53.4 Å². The van der Waals surface area contributed by atoms with Crippen LogP contribution in [0.3, 0.4) is 0 Å². The number of sulfonamides is 1. The normalized spacial score (nSPS) is 14.3. The fraction of sp³-hybridized carbons (Fsp3) is 0.111. The van der Waals surface area contributed by atoms with E-state index in [1.807, 2.05) is 0 Å². The lowest BCUT2D eigenvalue weighted by Crippen LogP contribution is -2.12. The van der Waals surface area contributed by atoms with Crippen molar-refractivity contribution in [3.8, 4) is 5.75 Å². The van der Waals surface area contributed by atoms with Crippen LogP contribution in [0.4, 0.5) is 0 Å². The SMILES string of the molecule is CC(=O)Oc1ccc(C2=C(c3ccc(S(N)(=O)=O)cc3)C(=O)OC2)cc1. The van der Waals surface area contributed by atoms with Crippen LogP contribution in [0, 0.1) is 0 Å². The molecule has 3 rings (SSSR count). The van der Waals surface area contributed by atoms with Gasteiger partial charge in [-0.3, -0.25) is 4.79 Å². The van der Waals surface area contributed by atoms with Crippen LogP contribution < -0.4 is 9.88 Å². The van der Waals surface area contributed by atoms with Gasteiger partial charge in [-0.2, -0.15) is 0 Å². The van der Waals surface area contributed by atoms with Gasteiger partial charge in [-0.1, -0.05) is 24.3 Å². The zero-order chi connectivity index (χ0) is 18.9. The van der Waals surface area contributed by atoms with Gasteiger partial charge in [0, 0.05) is 12.5 Å². The second-order valence-electron chi connectivity index (χ2n) is 5.62. The fourth-order valence-corrected chi connectivity index (χ4v) is 3.14. The van der Waals surface area contributed by atoms with Gasteiger partial charge in [0.15, 0.2) is 0 Å². The summed E-state index contributed by atoms with van der Waals surface area (Å²) in [6.45, 7) is 1.40. The van der Waals surface area contributed by atoms with E-state index in [4.69, 9.17) is 14.6 Å². The number of carbonyl (C=O) groups is 2. The first-order valence-corrected chi connectivity index (χ1v) is 9.13. The van der Waals surface area contributed by atoms with Crippen molar-refractivity contribution in [1.29, 1.82) is 0 Å². The van der Waals surface area contributed by atoms with Crippen molar-refractivity contribution in [1.82, 2.24) is 0 Å². The van der Waals surface area contributed by atoms with E-state index < -0.39 is 22.0 Å². The molecule has 0 aromatic heterocycles. The third-order valence-electron chi connectivity index (χ3n) is 3.79. The molecule has 0 bridgehead atoms. The van der Waals surface area contributed by atoms with Crippen LogP contribution in [0.2, 0.25) is 0 Å². The van der Waals surface area contributed by atoms with Crippen molar-refractivity contribution in [2.24, 2.45) is 5.14 Å². The molecule has 0 aliphatic carbocycles. The highest BCUT2D eigenvalue weighted by molar-refractivity contribution is 7.89. The van der Waals surface area contributed by atoms with Gasteiger partial charge in [-0.25, -0.2) is 18.4 Å². The van der Waals surface area contributed by atoms with Gasteiger partial charge in [0.1, 0.15) is 12.4 Å². The van der Waals surface area contributed by atoms with E-state index in [2.05, 4.69) is 0 Å². The minimum absolute atomic E-state index is 0.0412. The lowest BCUT2D eigenvalue weighted by Gasteiger charge is -2.07. The largest absolute Gasteiger partial charge is 0.457 e. The number of ether oxygens (including phenoxy) is 2. The molecule has 0 unspecified atom stereocenters. The Bertz CT molecular complexity index is 1000. The first kappa shape index (κ1) is 17.8. The summed E-state index contributed by atoms with van der Waals surface area (Å²) in [6.07, 6.45) is 0. The maximum absolute atomic E-state index is 12.2. The molecule has 0 amide bonds. The zero-order valence-corrected chi connectivity index (χ0v) is 14.6. The average Bonchev–Trinajstić information content (AvgIpc) is 2.96. The molecule has 0 fully saturated rings. The summed E-state index contributed by atoms with van der Waals surface area (Å²) < 4.78 is 32.8. The number of cyclic esters (lactones) is 1. The minimum Gasteiger partial charge on any atom is -0.457 e. The molecule has 8 heteroatoms. The van der Waals surface area contributed by atoms with Crippen LogP contribution in [-0.2, 0) is 24.3 Å². The quantitative estimate of drug-likeness (QED) is 0.645. The van der Waals surface area contributed by atoms with Gasteiger partial charge in [0.2, 0.25) is 10.0 Å². The third kappa shape index (κ3) is 3.66. The molecule has 2 aromatic rings. The number of nitrogens with two attached hydrogens (primary N) is 1. The smallest absolute Gasteiger partial charge is 0.339 e. The number of benzene rings is 2. The van der Waals surface area contributed by atoms with Crippen molar-refractivity contribution in [3.63, 3.8) is 0 Å². The van der Waals surface area contributed by atoms with Crippen molar-refractivity contribution < 1.29 is 27.5 Å². The molecule has 2 N–H and O–H groups in total. The molecular weight excluding hydrogens is 358 g/mol. The molecular formula is C18H15NO6S. The molecule has 1 heterocycles. The van der Waals surface area contributed by atoms with E-state index in [1.165, 1.54) is 31.2 Å². The first-order valence-electron chi connectivity index (χ1n) is 7.58. The lowest BCUT2D eigenvalue weighted by molar-refractivity contribution is -0.134. The highest BCUT2D eigenvalue weighted by Crippen LogP contribution is 2.33. The van der Waals surface area contributed by atoms with Crippen LogP contribution in [0.1, 0.15) is 18.1 Å². The second-order valence-corrected chi connectivity index (χ2v) is 7.18. The monoisotopic (exact) mass is 373 g/mol. The van der Waals surface area contributed by atoms with E-state index in [-0.39, 0.29) is 11.5 Å². The predicted molar refractivity (Wildman–Crippen MR) is 93.3 cm³/mol. The van der Waals surface area contributed by atoms with Crippen LogP contribution in [-0.4, -0.2) is 27.0 Å². The fourth-order valence-electron chi connectivity index (χ4n) is 2.63. The van der Waals surface area contributed by atoms with Gasteiger partial charge in [-0.05, 0) is 35.4 Å². The topological polar surface area (TPSA) is 113 Å². The molecule has 0 saturated heterocycles. The van der Waals surface area contributed by atoms with Crippen molar-refractivity contribution >= 4 is 33.1 Å². The van der Waals surface area contributed by atoms with Crippen LogP contribution in [0.5, 0.6) is 5.75 Å². The maximum Gasteiger partial charge on any atom is 0.339 e. The van der Waals surface area contributed by atoms with Gasteiger partial charge in [-0.15, -0.1) is 0 Å². The Labute approximate surface area is 150 Å². The van der Waals surface area contributed by atoms with E-state index in [9.17, 15) is 18.0 Å². The number of hydrogen-bond donors (Lipinski definition) is 1. The van der Waals surface area contributed by atoms with E-state index in [0.717, 1.165) is 5.56 Å². The summed E-state index contributed by atoms with van der Waals surface area (Å²) in [4.78, 5) is 23.1. The first-order chi connectivity index (χ1) is 12.3. The molecule has 0 saturated carbocycles. The molecule has 7 nitrogen and oxygen atoms in total. The Balaban J connectivity index is 2.00. The van der Waals surface area contributed by atoms with Gasteiger partial charge in [0.05, 0.1) is 10.5 Å². The van der Waals surface area contributed by atoms with Crippen molar-refractivity contribution in [2.75, 3.05) is 6.61 Å². The number of rotatable bonds is 4. The maximum atomic E-state index is 12.2. The van der Waals surface area contributed by atoms with Crippen LogP contribution >= 0.6 is 0 Å². The number of esters is 2. The molecule has 0 radical (unpaired) electrons. The van der Waals surface area contributed by atoms with Crippen molar-refractivity contribution in [3.05, 3.63) is 59.7 Å². The highest BCUT2D eigenvalue weighted by atomic mass is 32.2. The molecule has 2 aromatic carbocycles. The predicted octanol–water partition coefficient (Wildman–Crippen LogP) is 1.73. The molecule has 1 aliphatic heterocycles. The Morgan fingerprint density at radius 1 is 1.04 bits per heavy atom. The summed E-state index contributed by atoms with van der Waals surface area (Å²) >= 11 is 0. The second kappa shape index (κ2) is 6.74. The summed E-state index contributed by atoms with van der Waals surface area (Å²) in [5.41, 5.74) is 2.27. The summed E-state index contributed by atoms with van der Waals surface area (Å²) in [6, 6.07) is 12.4. The molecule has 0 spiro atoms. The van der Waals surface area contributed by atoms with Crippen molar-refractivity contribution in [2.45, 2.75) is 11.8 Å². The standard InChI is InChI=1S/C18H15NO6S/c1-11(20)25-14-6-2-12(3-7-14)16-10-24-18(21)17(16)13-4-8-15(9-5-13)26(19,22)23/h2-9H,10H2,1H3,(H2,19,22,23). The number of carbonyl (C=O) groups excluding carboxylic acids is 2.